The predicted octanol–water partition coefficient (Wildman–Crippen LogP) is 2.32. The van der Waals surface area contributed by atoms with Crippen molar-refractivity contribution in [3.63, 3.8) is 0 Å². The minimum absolute atomic E-state index is 0.403. The molecule has 3 atom stereocenters. The topological polar surface area (TPSA) is 121 Å². The normalized spacial score (nSPS) is 14.5. The van der Waals surface area contributed by atoms with Crippen LogP contribution in [0.2, 0.25) is 5.02 Å². The zero-order valence-electron chi connectivity index (χ0n) is 14.0. The number of carbonyl (C=O) groups excluding carboxylic acids is 1. The Morgan fingerprint density at radius 1 is 1.08 bits per heavy atom. The monoisotopic (exact) mass is 380 g/mol. The van der Waals surface area contributed by atoms with Gasteiger partial charge in [0.2, 0.25) is 0 Å². The van der Waals surface area contributed by atoms with Crippen molar-refractivity contribution in [3.8, 4) is 5.75 Å². The molecule has 26 heavy (non-hydrogen) atoms. The zero-order chi connectivity index (χ0) is 19.6. The first-order valence-electron chi connectivity index (χ1n) is 7.62. The van der Waals surface area contributed by atoms with Gasteiger partial charge in [0.15, 0.2) is 17.8 Å². The molecule has 3 N–H and O–H groups in total. The molecule has 0 saturated carbocycles. The molecule has 3 unspecified atom stereocenters. The van der Waals surface area contributed by atoms with Crippen molar-refractivity contribution in [1.82, 2.24) is 0 Å². The van der Waals surface area contributed by atoms with Crippen LogP contribution in [0.1, 0.15) is 18.4 Å². The van der Waals surface area contributed by atoms with Crippen LogP contribution in [0.3, 0.4) is 0 Å². The van der Waals surface area contributed by atoms with Crippen LogP contribution in [0.15, 0.2) is 30.3 Å². The number of ether oxygens (including phenoxy) is 1. The fourth-order valence-electron chi connectivity index (χ4n) is 2.71. The van der Waals surface area contributed by atoms with Crippen molar-refractivity contribution in [2.24, 2.45) is 5.92 Å². The number of hydrogen-bond donors (Lipinski definition) is 3. The summed E-state index contributed by atoms with van der Waals surface area (Å²) in [5, 5.41) is 29.3. The van der Waals surface area contributed by atoms with E-state index < -0.39 is 35.7 Å². The molecule has 0 aliphatic carbocycles. The molecule has 0 saturated heterocycles. The molecule has 2 aromatic rings. The van der Waals surface area contributed by atoms with Gasteiger partial charge in [0, 0.05) is 11.3 Å². The molecule has 0 fully saturated rings. The number of carbonyl (C=O) groups is 3. The van der Waals surface area contributed by atoms with Gasteiger partial charge in [0.1, 0.15) is 5.75 Å². The van der Waals surface area contributed by atoms with E-state index in [2.05, 4.69) is 0 Å². The maximum Gasteiger partial charge on any atom is 0.333 e. The van der Waals surface area contributed by atoms with Crippen LogP contribution in [0.4, 0.5) is 0 Å². The summed E-state index contributed by atoms with van der Waals surface area (Å²) in [4.78, 5) is 34.6. The molecule has 0 aliphatic heterocycles. The molecular formula is C18H17ClO7. The van der Waals surface area contributed by atoms with Gasteiger partial charge in [-0.05, 0) is 17.0 Å². The highest BCUT2D eigenvalue weighted by atomic mass is 35.5. The number of Topliss-reactive ketones (excluding diaryl/α,β-unsaturated/α-hetero) is 1. The highest BCUT2D eigenvalue weighted by Gasteiger charge is 2.40. The Bertz CT molecular complexity index is 877. The minimum Gasteiger partial charge on any atom is -0.495 e. The summed E-state index contributed by atoms with van der Waals surface area (Å²) in [7, 11) is 1.49. The molecule has 0 radical (unpaired) electrons. The lowest BCUT2D eigenvalue weighted by Gasteiger charge is -2.19. The van der Waals surface area contributed by atoms with E-state index in [1.54, 1.807) is 30.3 Å². The molecule has 0 aromatic heterocycles. The second-order valence-corrected chi connectivity index (χ2v) is 6.16. The number of hydrogen-bond acceptors (Lipinski definition) is 5. The van der Waals surface area contributed by atoms with E-state index in [-0.39, 0.29) is 0 Å². The van der Waals surface area contributed by atoms with Gasteiger partial charge in [-0.15, -0.1) is 0 Å². The van der Waals surface area contributed by atoms with Crippen molar-refractivity contribution in [1.29, 1.82) is 0 Å². The Labute approximate surface area is 153 Å². The first-order valence-corrected chi connectivity index (χ1v) is 8.00. The first kappa shape index (κ1) is 19.7. The maximum absolute atomic E-state index is 12.5. The first-order chi connectivity index (χ1) is 12.2. The van der Waals surface area contributed by atoms with E-state index in [1.165, 1.54) is 14.0 Å². The van der Waals surface area contributed by atoms with Crippen LogP contribution in [0, 0.1) is 5.92 Å². The van der Waals surface area contributed by atoms with Crippen LogP contribution in [-0.4, -0.2) is 46.3 Å². The largest absolute Gasteiger partial charge is 0.495 e. The predicted molar refractivity (Wildman–Crippen MR) is 93.7 cm³/mol. The lowest BCUT2D eigenvalue weighted by molar-refractivity contribution is -0.163. The molecule has 8 heteroatoms. The van der Waals surface area contributed by atoms with Crippen LogP contribution in [0.25, 0.3) is 10.8 Å². The van der Waals surface area contributed by atoms with E-state index in [9.17, 15) is 19.5 Å². The average molecular weight is 381 g/mol. The second-order valence-electron chi connectivity index (χ2n) is 5.79. The van der Waals surface area contributed by atoms with Crippen molar-refractivity contribution in [2.75, 3.05) is 7.11 Å². The van der Waals surface area contributed by atoms with Crippen molar-refractivity contribution in [2.45, 2.75) is 18.9 Å². The smallest absolute Gasteiger partial charge is 0.333 e. The lowest BCUT2D eigenvalue weighted by Crippen LogP contribution is -2.41. The van der Waals surface area contributed by atoms with Crippen molar-refractivity contribution >= 4 is 40.1 Å². The molecule has 2 aromatic carbocycles. The molecule has 7 nitrogen and oxygen atoms in total. The standard InChI is InChI=1S/C18H17ClO7/c1-8(15(20)13(17(22)23)16(21)18(24)25)9-3-5-11-10(7-9)4-6-12(26-2)14(11)19/h3-8,13,16,21H,1-2H3,(H,22,23)(H,24,25). The summed E-state index contributed by atoms with van der Waals surface area (Å²) in [6, 6.07) is 8.33. The number of rotatable bonds is 7. The maximum atomic E-state index is 12.5. The number of methoxy groups -OCH3 is 1. The Morgan fingerprint density at radius 2 is 1.73 bits per heavy atom. The number of halogens is 1. The lowest BCUT2D eigenvalue weighted by atomic mass is 9.85. The van der Waals surface area contributed by atoms with E-state index >= 15 is 0 Å². The Hall–Kier alpha value is -2.64. The average Bonchev–Trinajstić information content (AvgIpc) is 2.60. The third-order valence-electron chi connectivity index (χ3n) is 4.23. The Balaban J connectivity index is 2.42. The van der Waals surface area contributed by atoms with Crippen molar-refractivity contribution < 1.29 is 34.4 Å². The quantitative estimate of drug-likeness (QED) is 0.630. The second kappa shape index (κ2) is 7.72. The van der Waals surface area contributed by atoms with E-state index in [0.29, 0.717) is 27.1 Å². The van der Waals surface area contributed by atoms with E-state index in [4.69, 9.17) is 26.6 Å². The Morgan fingerprint density at radius 3 is 2.27 bits per heavy atom. The summed E-state index contributed by atoms with van der Waals surface area (Å²) in [5.41, 5.74) is 0.479. The Kier molecular flexibility index (Phi) is 5.84. The van der Waals surface area contributed by atoms with Crippen molar-refractivity contribution in [3.05, 3.63) is 40.9 Å². The molecule has 0 bridgehead atoms. The molecule has 2 rings (SSSR count). The van der Waals surface area contributed by atoms with Gasteiger partial charge in [-0.25, -0.2) is 4.79 Å². The van der Waals surface area contributed by atoms with E-state index in [0.717, 1.165) is 0 Å². The summed E-state index contributed by atoms with van der Waals surface area (Å²) in [5.74, 6) is -6.85. The van der Waals surface area contributed by atoms with Gasteiger partial charge in [-0.3, -0.25) is 9.59 Å². The number of benzene rings is 2. The minimum atomic E-state index is -2.32. The third kappa shape index (κ3) is 3.63. The van der Waals surface area contributed by atoms with Gasteiger partial charge in [0.05, 0.1) is 12.1 Å². The molecular weight excluding hydrogens is 364 g/mol. The van der Waals surface area contributed by atoms with Gasteiger partial charge in [-0.2, -0.15) is 0 Å². The van der Waals surface area contributed by atoms with Crippen LogP contribution in [0.5, 0.6) is 5.75 Å². The highest BCUT2D eigenvalue weighted by Crippen LogP contribution is 2.34. The molecule has 0 amide bonds. The number of aliphatic carboxylic acids is 2. The number of carboxylic acids is 2. The SMILES string of the molecule is COc1ccc2cc(C(C)C(=O)C(C(=O)O)C(O)C(=O)O)ccc2c1Cl. The fourth-order valence-corrected chi connectivity index (χ4v) is 3.02. The third-order valence-corrected chi connectivity index (χ3v) is 4.62. The van der Waals surface area contributed by atoms with Crippen LogP contribution < -0.4 is 4.74 Å². The zero-order valence-corrected chi connectivity index (χ0v) is 14.7. The number of ketones is 1. The molecule has 0 heterocycles. The van der Waals surface area contributed by atoms with Crippen LogP contribution in [-0.2, 0) is 14.4 Å². The highest BCUT2D eigenvalue weighted by molar-refractivity contribution is 6.37. The van der Waals surface area contributed by atoms with Crippen LogP contribution >= 0.6 is 11.6 Å². The number of carboxylic acid groups (broad SMARTS) is 2. The fraction of sp³-hybridized carbons (Fsp3) is 0.278. The summed E-state index contributed by atoms with van der Waals surface area (Å²) in [6.45, 7) is 1.46. The molecule has 0 aliphatic rings. The van der Waals surface area contributed by atoms with Gasteiger partial charge < -0.3 is 20.1 Å². The summed E-state index contributed by atoms with van der Waals surface area (Å²) >= 11 is 6.24. The summed E-state index contributed by atoms with van der Waals surface area (Å²) in [6.07, 6.45) is -2.32. The molecule has 138 valence electrons. The van der Waals surface area contributed by atoms with Gasteiger partial charge in [0.25, 0.3) is 0 Å². The van der Waals surface area contributed by atoms with Gasteiger partial charge >= 0.3 is 11.9 Å². The molecule has 0 spiro atoms. The number of aliphatic hydroxyl groups excluding tert-OH is 1. The summed E-state index contributed by atoms with van der Waals surface area (Å²) < 4.78 is 5.14. The number of aliphatic hydroxyl groups is 1. The number of fused-ring (bicyclic) bond motifs is 1. The van der Waals surface area contributed by atoms with Gasteiger partial charge in [-0.1, -0.05) is 42.8 Å². The van der Waals surface area contributed by atoms with E-state index in [1.807, 2.05) is 0 Å².